The van der Waals surface area contributed by atoms with Crippen LogP contribution in [0.2, 0.25) is 0 Å². The van der Waals surface area contributed by atoms with Gasteiger partial charge in [0.2, 0.25) is 0 Å². The second-order valence-electron chi connectivity index (χ2n) is 8.49. The molecule has 5 rings (SSSR count). The number of ether oxygens (including phenoxy) is 1. The number of aryl methyl sites for hydroxylation is 2. The van der Waals surface area contributed by atoms with E-state index in [-0.39, 0.29) is 5.97 Å². The molecule has 3 aromatic heterocycles. The summed E-state index contributed by atoms with van der Waals surface area (Å²) < 4.78 is 12.4. The third-order valence-electron chi connectivity index (χ3n) is 6.23. The summed E-state index contributed by atoms with van der Waals surface area (Å²) in [6.07, 6.45) is 14.1. The minimum absolute atomic E-state index is 0.360. The fourth-order valence-corrected chi connectivity index (χ4v) is 4.40. The third kappa shape index (κ3) is 4.15. The zero-order valence-electron chi connectivity index (χ0n) is 19.9. The van der Waals surface area contributed by atoms with E-state index in [0.29, 0.717) is 12.1 Å². The molecule has 6 heteroatoms. The number of rotatable bonds is 5. The van der Waals surface area contributed by atoms with Gasteiger partial charge in [-0.05, 0) is 48.8 Å². The smallest absolute Gasteiger partial charge is 0.337 e. The van der Waals surface area contributed by atoms with Crippen molar-refractivity contribution in [3.63, 3.8) is 0 Å². The van der Waals surface area contributed by atoms with Crippen LogP contribution in [-0.4, -0.2) is 27.8 Å². The summed E-state index contributed by atoms with van der Waals surface area (Å²) in [7, 11) is 1.38. The summed E-state index contributed by atoms with van der Waals surface area (Å²) in [5, 5.41) is 4.11. The van der Waals surface area contributed by atoms with Crippen molar-refractivity contribution in [3.8, 4) is 22.3 Å². The van der Waals surface area contributed by atoms with Gasteiger partial charge < -0.3 is 13.8 Å². The van der Waals surface area contributed by atoms with Crippen LogP contribution in [0.3, 0.4) is 0 Å². The number of benzene rings is 1. The van der Waals surface area contributed by atoms with E-state index >= 15 is 0 Å². The van der Waals surface area contributed by atoms with Crippen LogP contribution in [0.4, 0.5) is 0 Å². The fourth-order valence-electron chi connectivity index (χ4n) is 4.40. The molecular weight excluding hydrogens is 438 g/mol. The van der Waals surface area contributed by atoms with Crippen molar-refractivity contribution in [2.45, 2.75) is 20.4 Å². The highest BCUT2D eigenvalue weighted by Gasteiger charge is 2.18. The van der Waals surface area contributed by atoms with Gasteiger partial charge in [-0.2, -0.15) is 0 Å². The topological polar surface area (TPSA) is 70.2 Å². The second kappa shape index (κ2) is 9.06. The Morgan fingerprint density at radius 2 is 1.91 bits per heavy atom. The molecule has 0 fully saturated rings. The molecule has 0 saturated heterocycles. The van der Waals surface area contributed by atoms with Crippen LogP contribution in [0.1, 0.15) is 21.8 Å². The van der Waals surface area contributed by atoms with Gasteiger partial charge in [0.25, 0.3) is 0 Å². The average molecular weight is 464 g/mol. The number of hydrogen-bond acceptors (Lipinski definition) is 5. The molecule has 1 aliphatic carbocycles. The number of methoxy groups -OCH3 is 1. The maximum Gasteiger partial charge on any atom is 0.337 e. The maximum atomic E-state index is 11.9. The Balaban J connectivity index is 1.66. The first-order valence-corrected chi connectivity index (χ1v) is 11.3. The third-order valence-corrected chi connectivity index (χ3v) is 6.23. The van der Waals surface area contributed by atoms with Crippen molar-refractivity contribution in [1.29, 1.82) is 0 Å². The number of carbonyl (C=O) groups is 1. The Morgan fingerprint density at radius 3 is 2.63 bits per heavy atom. The van der Waals surface area contributed by atoms with Gasteiger partial charge >= 0.3 is 5.97 Å². The Hall–Kier alpha value is -4.45. The first-order chi connectivity index (χ1) is 17.0. The Kier molecular flexibility index (Phi) is 5.79. The minimum atomic E-state index is -0.360. The monoisotopic (exact) mass is 463 g/mol. The van der Waals surface area contributed by atoms with Gasteiger partial charge in [-0.3, -0.25) is 4.98 Å². The number of esters is 1. The lowest BCUT2D eigenvalue weighted by atomic mass is 10.0. The van der Waals surface area contributed by atoms with Crippen LogP contribution in [0, 0.1) is 13.8 Å². The van der Waals surface area contributed by atoms with E-state index in [0.717, 1.165) is 55.9 Å². The largest absolute Gasteiger partial charge is 0.465 e. The lowest BCUT2D eigenvalue weighted by Gasteiger charge is -2.10. The zero-order chi connectivity index (χ0) is 24.5. The minimum Gasteiger partial charge on any atom is -0.465 e. The van der Waals surface area contributed by atoms with Gasteiger partial charge in [0.15, 0.2) is 0 Å². The molecule has 1 aliphatic rings. The molecule has 0 saturated carbocycles. The predicted octanol–water partition coefficient (Wildman–Crippen LogP) is 6.37. The molecule has 0 bridgehead atoms. The maximum absolute atomic E-state index is 11.9. The molecule has 0 spiro atoms. The summed E-state index contributed by atoms with van der Waals surface area (Å²) in [6, 6.07) is 9.52. The molecule has 0 amide bonds. The fraction of sp³-hybridized carbons (Fsp3) is 0.138. The molecule has 6 nitrogen and oxygen atoms in total. The van der Waals surface area contributed by atoms with Gasteiger partial charge in [0, 0.05) is 35.6 Å². The van der Waals surface area contributed by atoms with Gasteiger partial charge in [0.05, 0.1) is 29.4 Å². The van der Waals surface area contributed by atoms with E-state index in [4.69, 9.17) is 14.2 Å². The molecule has 3 heterocycles. The van der Waals surface area contributed by atoms with Crippen molar-refractivity contribution in [2.75, 3.05) is 7.11 Å². The molecule has 35 heavy (non-hydrogen) atoms. The number of nitrogens with zero attached hydrogens (tertiary/aromatic N) is 3. The van der Waals surface area contributed by atoms with Crippen LogP contribution in [0.5, 0.6) is 0 Å². The molecule has 0 atom stereocenters. The number of fused-ring (bicyclic) bond motifs is 1. The average Bonchev–Trinajstić information content (AvgIpc) is 3.32. The van der Waals surface area contributed by atoms with Crippen molar-refractivity contribution >= 4 is 17.0 Å². The van der Waals surface area contributed by atoms with E-state index < -0.39 is 0 Å². The predicted molar refractivity (Wildman–Crippen MR) is 137 cm³/mol. The molecule has 174 valence electrons. The van der Waals surface area contributed by atoms with E-state index in [1.165, 1.54) is 7.11 Å². The van der Waals surface area contributed by atoms with Crippen molar-refractivity contribution in [2.24, 2.45) is 0 Å². The second-order valence-corrected chi connectivity index (χ2v) is 8.49. The normalized spacial score (nSPS) is 13.2. The summed E-state index contributed by atoms with van der Waals surface area (Å²) in [6.45, 7) is 8.70. The van der Waals surface area contributed by atoms with Gasteiger partial charge in [-0.1, -0.05) is 54.2 Å². The van der Waals surface area contributed by atoms with Crippen LogP contribution < -0.4 is 0 Å². The van der Waals surface area contributed by atoms with E-state index in [9.17, 15) is 4.79 Å². The standard InChI is InChI=1S/C29H25N3O3/c1-18-8-6-5-7-9-23(18)16-32-17-25(21-10-12-22(13-11-21)29(33)34-4)28-26(32)14-24(15-30-28)27-19(2)31-35-20(27)3/h5-15,17H,1,16H2,2-4H3. The van der Waals surface area contributed by atoms with Crippen molar-refractivity contribution in [3.05, 3.63) is 108 Å². The summed E-state index contributed by atoms with van der Waals surface area (Å²) in [5.41, 5.74) is 9.13. The molecule has 0 N–H and O–H groups in total. The Labute approximate surface area is 203 Å². The molecule has 4 aromatic rings. The van der Waals surface area contributed by atoms with Crippen LogP contribution in [0.15, 0.2) is 95.4 Å². The lowest BCUT2D eigenvalue weighted by Crippen LogP contribution is -2.01. The first-order valence-electron chi connectivity index (χ1n) is 11.3. The zero-order valence-corrected chi connectivity index (χ0v) is 19.9. The molecular formula is C29H25N3O3. The van der Waals surface area contributed by atoms with Gasteiger partial charge in [-0.25, -0.2) is 4.79 Å². The van der Waals surface area contributed by atoms with Gasteiger partial charge in [0.1, 0.15) is 5.76 Å². The highest BCUT2D eigenvalue weighted by Crippen LogP contribution is 2.35. The quantitative estimate of drug-likeness (QED) is 0.322. The number of allylic oxidation sites excluding steroid dienone is 7. The number of carbonyl (C=O) groups excluding carboxylic acids is 1. The Bertz CT molecular complexity index is 1530. The molecule has 0 aliphatic heterocycles. The number of aromatic nitrogens is 3. The SMILES string of the molecule is C=C1C=CC=CC=C1Cn1cc(-c2ccc(C(=O)OC)cc2)c2ncc(-c3c(C)noc3C)cc21. The molecule has 0 radical (unpaired) electrons. The van der Waals surface area contributed by atoms with Crippen LogP contribution in [0.25, 0.3) is 33.3 Å². The van der Waals surface area contributed by atoms with E-state index in [2.05, 4.69) is 34.6 Å². The van der Waals surface area contributed by atoms with Crippen molar-refractivity contribution < 1.29 is 14.1 Å². The first kappa shape index (κ1) is 22.3. The number of pyridine rings is 1. The number of hydrogen-bond donors (Lipinski definition) is 0. The Morgan fingerprint density at radius 1 is 1.11 bits per heavy atom. The van der Waals surface area contributed by atoms with E-state index in [1.54, 1.807) is 12.1 Å². The lowest BCUT2D eigenvalue weighted by molar-refractivity contribution is 0.0600. The highest BCUT2D eigenvalue weighted by molar-refractivity contribution is 5.96. The van der Waals surface area contributed by atoms with Crippen LogP contribution in [-0.2, 0) is 11.3 Å². The van der Waals surface area contributed by atoms with Crippen molar-refractivity contribution in [1.82, 2.24) is 14.7 Å². The summed E-state index contributed by atoms with van der Waals surface area (Å²) in [4.78, 5) is 16.8. The highest BCUT2D eigenvalue weighted by atomic mass is 16.5. The van der Waals surface area contributed by atoms with Crippen LogP contribution >= 0.6 is 0 Å². The van der Waals surface area contributed by atoms with E-state index in [1.807, 2.05) is 56.5 Å². The van der Waals surface area contributed by atoms with Gasteiger partial charge in [-0.15, -0.1) is 0 Å². The summed E-state index contributed by atoms with van der Waals surface area (Å²) >= 11 is 0. The molecule has 0 unspecified atom stereocenters. The summed E-state index contributed by atoms with van der Waals surface area (Å²) in [5.74, 6) is 0.400. The molecule has 1 aromatic carbocycles.